The largest absolute Gasteiger partial charge is 0.478 e. The monoisotopic (exact) mass is 252 g/mol. The second-order valence-corrected chi connectivity index (χ2v) is 4.89. The molecular weight excluding hydrogens is 224 g/mol. The molecule has 2 nitrogen and oxygen atoms in total. The first-order chi connectivity index (χ1) is 8.66. The zero-order valence-corrected chi connectivity index (χ0v) is 12.0. The molecule has 0 saturated carbocycles. The van der Waals surface area contributed by atoms with E-state index in [0.29, 0.717) is 0 Å². The Kier molecular flexibility index (Phi) is 11.7. The summed E-state index contributed by atoms with van der Waals surface area (Å²) in [6, 6.07) is 0. The summed E-state index contributed by atoms with van der Waals surface area (Å²) in [6.45, 7) is 4.06. The number of carboxylic acids is 1. The predicted octanol–water partition coefficient (Wildman–Crippen LogP) is 5.10. The molecule has 0 heterocycles. The van der Waals surface area contributed by atoms with Gasteiger partial charge in [-0.25, -0.2) is 4.79 Å². The van der Waals surface area contributed by atoms with Gasteiger partial charge in [-0.05, 0) is 25.3 Å². The number of hydrogen-bond donors (Lipinski definition) is 1. The van der Waals surface area contributed by atoms with Crippen LogP contribution in [-0.2, 0) is 4.79 Å². The van der Waals surface area contributed by atoms with Crippen molar-refractivity contribution in [3.8, 4) is 0 Å². The van der Waals surface area contributed by atoms with Crippen molar-refractivity contribution in [1.29, 1.82) is 0 Å². The zero-order valence-electron chi connectivity index (χ0n) is 12.0. The Morgan fingerprint density at radius 2 is 1.56 bits per heavy atom. The minimum Gasteiger partial charge on any atom is -0.478 e. The topological polar surface area (TPSA) is 37.3 Å². The van der Waals surface area contributed by atoms with Crippen molar-refractivity contribution in [3.05, 3.63) is 23.8 Å². The third-order valence-corrected chi connectivity index (χ3v) is 2.96. The SMILES string of the molecule is CCCCCCCCCCC=CC(C)=CC(=O)O. The molecule has 0 radical (unpaired) electrons. The normalized spacial score (nSPS) is 12.2. The Morgan fingerprint density at radius 1 is 1.00 bits per heavy atom. The summed E-state index contributed by atoms with van der Waals surface area (Å²) in [5.74, 6) is -0.871. The standard InChI is InChI=1S/C16H28O2/c1-3-4-5-6-7-8-9-10-11-12-13-15(2)14-16(17)18/h12-14H,3-11H2,1-2H3,(H,17,18). The number of aliphatic carboxylic acids is 1. The lowest BCUT2D eigenvalue weighted by atomic mass is 10.1. The van der Waals surface area contributed by atoms with Gasteiger partial charge in [0, 0.05) is 6.08 Å². The lowest BCUT2D eigenvalue weighted by molar-refractivity contribution is -0.131. The van der Waals surface area contributed by atoms with Crippen LogP contribution in [0, 0.1) is 0 Å². The first-order valence-electron chi connectivity index (χ1n) is 7.24. The summed E-state index contributed by atoms with van der Waals surface area (Å²) in [5.41, 5.74) is 0.807. The van der Waals surface area contributed by atoms with E-state index in [0.717, 1.165) is 12.0 Å². The maximum atomic E-state index is 10.4. The van der Waals surface area contributed by atoms with Crippen molar-refractivity contribution in [3.63, 3.8) is 0 Å². The lowest BCUT2D eigenvalue weighted by Gasteiger charge is -1.99. The molecule has 0 aromatic heterocycles. The van der Waals surface area contributed by atoms with Gasteiger partial charge in [0.15, 0.2) is 0 Å². The van der Waals surface area contributed by atoms with Crippen molar-refractivity contribution in [2.45, 2.75) is 71.6 Å². The molecule has 2 heteroatoms. The van der Waals surface area contributed by atoms with E-state index in [9.17, 15) is 4.79 Å². The van der Waals surface area contributed by atoms with Gasteiger partial charge in [0.1, 0.15) is 0 Å². The molecule has 0 aromatic carbocycles. The van der Waals surface area contributed by atoms with Crippen LogP contribution in [-0.4, -0.2) is 11.1 Å². The Balaban J connectivity index is 3.35. The lowest BCUT2D eigenvalue weighted by Crippen LogP contribution is -1.87. The Bertz CT molecular complexity index is 264. The summed E-state index contributed by atoms with van der Waals surface area (Å²) < 4.78 is 0. The van der Waals surface area contributed by atoms with E-state index in [2.05, 4.69) is 13.0 Å². The van der Waals surface area contributed by atoms with Gasteiger partial charge in [-0.3, -0.25) is 0 Å². The second kappa shape index (κ2) is 12.4. The van der Waals surface area contributed by atoms with E-state index in [1.165, 1.54) is 57.4 Å². The van der Waals surface area contributed by atoms with Gasteiger partial charge in [0.25, 0.3) is 0 Å². The molecule has 0 aliphatic heterocycles. The first kappa shape index (κ1) is 16.9. The van der Waals surface area contributed by atoms with E-state index in [1.54, 1.807) is 0 Å². The Labute approximate surface area is 112 Å². The molecule has 18 heavy (non-hydrogen) atoms. The fourth-order valence-corrected chi connectivity index (χ4v) is 1.91. The minimum absolute atomic E-state index is 0.807. The quantitative estimate of drug-likeness (QED) is 0.315. The molecule has 0 aliphatic rings. The number of allylic oxidation sites excluding steroid dienone is 3. The smallest absolute Gasteiger partial charge is 0.328 e. The van der Waals surface area contributed by atoms with E-state index < -0.39 is 5.97 Å². The molecule has 0 saturated heterocycles. The second-order valence-electron chi connectivity index (χ2n) is 4.89. The molecule has 0 aliphatic carbocycles. The van der Waals surface area contributed by atoms with Gasteiger partial charge in [-0.1, -0.05) is 64.0 Å². The van der Waals surface area contributed by atoms with Crippen LogP contribution < -0.4 is 0 Å². The predicted molar refractivity (Wildman–Crippen MR) is 77.8 cm³/mol. The van der Waals surface area contributed by atoms with Crippen LogP contribution in [0.3, 0.4) is 0 Å². The number of hydrogen-bond acceptors (Lipinski definition) is 1. The average Bonchev–Trinajstić information content (AvgIpc) is 2.30. The number of carboxylic acid groups (broad SMARTS) is 1. The Morgan fingerprint density at radius 3 is 2.11 bits per heavy atom. The molecule has 0 aromatic rings. The fourth-order valence-electron chi connectivity index (χ4n) is 1.91. The molecule has 0 amide bonds. The van der Waals surface area contributed by atoms with Crippen molar-refractivity contribution >= 4 is 5.97 Å². The molecule has 104 valence electrons. The van der Waals surface area contributed by atoms with Crippen LogP contribution in [0.1, 0.15) is 71.6 Å². The van der Waals surface area contributed by atoms with E-state index in [1.807, 2.05) is 13.0 Å². The summed E-state index contributed by atoms with van der Waals surface area (Å²) >= 11 is 0. The molecule has 0 atom stereocenters. The third-order valence-electron chi connectivity index (χ3n) is 2.96. The zero-order chi connectivity index (χ0) is 13.6. The van der Waals surface area contributed by atoms with Gasteiger partial charge in [-0.2, -0.15) is 0 Å². The Hall–Kier alpha value is -1.05. The highest BCUT2D eigenvalue weighted by atomic mass is 16.4. The molecule has 0 spiro atoms. The van der Waals surface area contributed by atoms with Crippen LogP contribution >= 0.6 is 0 Å². The molecule has 0 rings (SSSR count). The van der Waals surface area contributed by atoms with Gasteiger partial charge >= 0.3 is 5.97 Å². The van der Waals surface area contributed by atoms with Gasteiger partial charge in [0.05, 0.1) is 0 Å². The molecule has 1 N–H and O–H groups in total. The van der Waals surface area contributed by atoms with E-state index in [4.69, 9.17) is 5.11 Å². The van der Waals surface area contributed by atoms with Crippen molar-refractivity contribution in [2.24, 2.45) is 0 Å². The van der Waals surface area contributed by atoms with E-state index >= 15 is 0 Å². The summed E-state index contributed by atoms with van der Waals surface area (Å²) in [4.78, 5) is 10.4. The molecule has 0 fully saturated rings. The van der Waals surface area contributed by atoms with Crippen LogP contribution in [0.25, 0.3) is 0 Å². The van der Waals surface area contributed by atoms with Crippen molar-refractivity contribution in [1.82, 2.24) is 0 Å². The summed E-state index contributed by atoms with van der Waals surface area (Å²) in [5, 5.41) is 8.53. The molecular formula is C16H28O2. The van der Waals surface area contributed by atoms with Crippen molar-refractivity contribution in [2.75, 3.05) is 0 Å². The highest BCUT2D eigenvalue weighted by Gasteiger charge is 1.91. The van der Waals surface area contributed by atoms with Crippen molar-refractivity contribution < 1.29 is 9.90 Å². The average molecular weight is 252 g/mol. The van der Waals surface area contributed by atoms with Gasteiger partial charge in [0.2, 0.25) is 0 Å². The van der Waals surface area contributed by atoms with Crippen LogP contribution in [0.2, 0.25) is 0 Å². The molecule has 0 bridgehead atoms. The van der Waals surface area contributed by atoms with Crippen LogP contribution in [0.4, 0.5) is 0 Å². The highest BCUT2D eigenvalue weighted by Crippen LogP contribution is 2.10. The number of carbonyl (C=O) groups is 1. The number of unbranched alkanes of at least 4 members (excludes halogenated alkanes) is 8. The third kappa shape index (κ3) is 13.0. The van der Waals surface area contributed by atoms with E-state index in [-0.39, 0.29) is 0 Å². The minimum atomic E-state index is -0.871. The highest BCUT2D eigenvalue weighted by molar-refractivity contribution is 5.81. The van der Waals surface area contributed by atoms with Crippen LogP contribution in [0.5, 0.6) is 0 Å². The van der Waals surface area contributed by atoms with Crippen LogP contribution in [0.15, 0.2) is 23.8 Å². The van der Waals surface area contributed by atoms with Gasteiger partial charge in [-0.15, -0.1) is 0 Å². The summed E-state index contributed by atoms with van der Waals surface area (Å²) in [6.07, 6.45) is 16.9. The summed E-state index contributed by atoms with van der Waals surface area (Å²) in [7, 11) is 0. The maximum Gasteiger partial charge on any atom is 0.328 e. The number of rotatable bonds is 11. The maximum absolute atomic E-state index is 10.4. The fraction of sp³-hybridized carbons (Fsp3) is 0.688. The van der Waals surface area contributed by atoms with Gasteiger partial charge < -0.3 is 5.11 Å². The first-order valence-corrected chi connectivity index (χ1v) is 7.24. The molecule has 0 unspecified atom stereocenters.